The van der Waals surface area contributed by atoms with E-state index in [0.29, 0.717) is 32.2 Å². The van der Waals surface area contributed by atoms with Gasteiger partial charge in [-0.2, -0.15) is 0 Å². The van der Waals surface area contributed by atoms with Crippen LogP contribution in [0.25, 0.3) is 0 Å². The second-order valence-electron chi connectivity index (χ2n) is 5.01. The van der Waals surface area contributed by atoms with Crippen molar-refractivity contribution in [2.75, 3.05) is 33.5 Å². The molecule has 0 amide bonds. The molecule has 24 heavy (non-hydrogen) atoms. The van der Waals surface area contributed by atoms with Crippen LogP contribution >= 0.6 is 12.2 Å². The summed E-state index contributed by atoms with van der Waals surface area (Å²) < 4.78 is 15.8. The molecule has 130 valence electrons. The fourth-order valence-corrected chi connectivity index (χ4v) is 2.22. The molecule has 8 heteroatoms. The summed E-state index contributed by atoms with van der Waals surface area (Å²) in [5.41, 5.74) is 0.707. The van der Waals surface area contributed by atoms with Gasteiger partial charge in [0.2, 0.25) is 0 Å². The molecule has 2 rings (SSSR count). The maximum Gasteiger partial charge on any atom is 0.259 e. The molecular formula is C16H20N2O5S. The Bertz CT molecular complexity index is 754. The van der Waals surface area contributed by atoms with Crippen LogP contribution in [-0.4, -0.2) is 48.6 Å². The molecule has 0 saturated heterocycles. The molecule has 0 aliphatic carbocycles. The van der Waals surface area contributed by atoms with Gasteiger partial charge in [-0.3, -0.25) is 9.78 Å². The molecule has 0 unspecified atom stereocenters. The maximum atomic E-state index is 11.8. The Morgan fingerprint density at radius 2 is 1.79 bits per heavy atom. The van der Waals surface area contributed by atoms with Gasteiger partial charge in [-0.1, -0.05) is 12.1 Å². The van der Waals surface area contributed by atoms with Gasteiger partial charge in [0.05, 0.1) is 25.4 Å². The number of ether oxygens (including phenoxy) is 3. The van der Waals surface area contributed by atoms with Gasteiger partial charge in [-0.15, -0.1) is 0 Å². The SMILES string of the molecule is COCCOCCOc1ccc(Cc2c(O)[nH]c(=S)[nH]c2=O)cc1. The second kappa shape index (κ2) is 9.21. The number of nitrogens with one attached hydrogen (secondary N) is 2. The smallest absolute Gasteiger partial charge is 0.259 e. The van der Waals surface area contributed by atoms with Crippen LogP contribution in [-0.2, 0) is 15.9 Å². The van der Waals surface area contributed by atoms with Gasteiger partial charge in [-0.25, -0.2) is 0 Å². The number of hydrogen-bond donors (Lipinski definition) is 3. The topological polar surface area (TPSA) is 96.6 Å². The van der Waals surface area contributed by atoms with Crippen molar-refractivity contribution in [2.24, 2.45) is 0 Å². The van der Waals surface area contributed by atoms with E-state index in [1.807, 2.05) is 12.1 Å². The molecule has 0 spiro atoms. The van der Waals surface area contributed by atoms with E-state index in [2.05, 4.69) is 9.97 Å². The highest BCUT2D eigenvalue weighted by Crippen LogP contribution is 2.17. The van der Waals surface area contributed by atoms with Crippen LogP contribution < -0.4 is 10.3 Å². The predicted molar refractivity (Wildman–Crippen MR) is 91.4 cm³/mol. The monoisotopic (exact) mass is 352 g/mol. The molecule has 1 aromatic heterocycles. The Morgan fingerprint density at radius 1 is 1.08 bits per heavy atom. The number of hydrogen-bond acceptors (Lipinski definition) is 6. The third-order valence-corrected chi connectivity index (χ3v) is 3.46. The molecule has 0 saturated carbocycles. The first kappa shape index (κ1) is 18.2. The van der Waals surface area contributed by atoms with Crippen LogP contribution in [0.3, 0.4) is 0 Å². The number of benzene rings is 1. The van der Waals surface area contributed by atoms with E-state index in [1.165, 1.54) is 0 Å². The molecule has 1 heterocycles. The third-order valence-electron chi connectivity index (χ3n) is 3.25. The first-order valence-electron chi connectivity index (χ1n) is 7.43. The summed E-state index contributed by atoms with van der Waals surface area (Å²) in [6.45, 7) is 2.03. The predicted octanol–water partition coefficient (Wildman–Crippen LogP) is 1.77. The Kier molecular flexibility index (Phi) is 6.98. The largest absolute Gasteiger partial charge is 0.494 e. The molecule has 0 aliphatic rings. The second-order valence-corrected chi connectivity index (χ2v) is 5.42. The lowest BCUT2D eigenvalue weighted by molar-refractivity contribution is 0.0544. The van der Waals surface area contributed by atoms with Crippen LogP contribution in [0.5, 0.6) is 11.6 Å². The Morgan fingerprint density at radius 3 is 2.46 bits per heavy atom. The van der Waals surface area contributed by atoms with Crippen molar-refractivity contribution in [1.29, 1.82) is 0 Å². The van der Waals surface area contributed by atoms with E-state index in [9.17, 15) is 9.90 Å². The van der Waals surface area contributed by atoms with Crippen LogP contribution in [0.15, 0.2) is 29.1 Å². The molecule has 1 aromatic carbocycles. The normalized spacial score (nSPS) is 10.7. The first-order chi connectivity index (χ1) is 11.6. The molecular weight excluding hydrogens is 332 g/mol. The van der Waals surface area contributed by atoms with Crippen molar-refractivity contribution in [3.63, 3.8) is 0 Å². The quantitative estimate of drug-likeness (QED) is 0.470. The maximum absolute atomic E-state index is 11.8. The lowest BCUT2D eigenvalue weighted by Gasteiger charge is -2.08. The van der Waals surface area contributed by atoms with Crippen LogP contribution in [0, 0.1) is 4.77 Å². The molecule has 0 radical (unpaired) electrons. The minimum absolute atomic E-state index is 0.0951. The number of aromatic amines is 2. The molecule has 3 N–H and O–H groups in total. The summed E-state index contributed by atoms with van der Waals surface area (Å²) in [5, 5.41) is 9.80. The first-order valence-corrected chi connectivity index (χ1v) is 7.84. The number of aromatic nitrogens is 2. The lowest BCUT2D eigenvalue weighted by Crippen LogP contribution is -2.14. The molecule has 0 fully saturated rings. The summed E-state index contributed by atoms with van der Waals surface area (Å²) in [7, 11) is 1.62. The van der Waals surface area contributed by atoms with Gasteiger partial charge < -0.3 is 24.3 Å². The highest BCUT2D eigenvalue weighted by Gasteiger charge is 2.08. The van der Waals surface area contributed by atoms with Crippen molar-refractivity contribution >= 4 is 12.2 Å². The Labute approximate surface area is 144 Å². The van der Waals surface area contributed by atoms with E-state index in [4.69, 9.17) is 26.4 Å². The molecule has 7 nitrogen and oxygen atoms in total. The average molecular weight is 352 g/mol. The van der Waals surface area contributed by atoms with Gasteiger partial charge in [-0.05, 0) is 29.9 Å². The lowest BCUT2D eigenvalue weighted by atomic mass is 10.1. The summed E-state index contributed by atoms with van der Waals surface area (Å²) >= 11 is 4.80. The van der Waals surface area contributed by atoms with E-state index >= 15 is 0 Å². The standard InChI is InChI=1S/C16H20N2O5S/c1-21-6-7-22-8-9-23-12-4-2-11(3-5-12)10-13-14(19)17-16(24)18-15(13)20/h2-5H,6-10H2,1H3,(H3,17,18,19,20,24). The van der Waals surface area contributed by atoms with E-state index in [0.717, 1.165) is 5.56 Å². The Balaban J connectivity index is 1.88. The summed E-state index contributed by atoms with van der Waals surface area (Å²) in [6, 6.07) is 7.28. The van der Waals surface area contributed by atoms with Crippen molar-refractivity contribution < 1.29 is 19.3 Å². The van der Waals surface area contributed by atoms with Gasteiger partial charge in [0.15, 0.2) is 10.7 Å². The summed E-state index contributed by atoms with van der Waals surface area (Å²) in [5.74, 6) is 0.497. The third kappa shape index (κ3) is 5.48. The highest BCUT2D eigenvalue weighted by molar-refractivity contribution is 7.71. The minimum Gasteiger partial charge on any atom is -0.494 e. The zero-order chi connectivity index (χ0) is 17.4. The van der Waals surface area contributed by atoms with E-state index in [1.54, 1.807) is 19.2 Å². The van der Waals surface area contributed by atoms with E-state index < -0.39 is 5.56 Å². The van der Waals surface area contributed by atoms with Gasteiger partial charge in [0.25, 0.3) is 5.56 Å². The molecule has 0 aliphatic heterocycles. The van der Waals surface area contributed by atoms with Crippen molar-refractivity contribution in [3.8, 4) is 11.6 Å². The molecule has 0 bridgehead atoms. The number of H-pyrrole nitrogens is 2. The zero-order valence-corrected chi connectivity index (χ0v) is 14.1. The molecule has 2 aromatic rings. The van der Waals surface area contributed by atoms with Crippen LogP contribution in [0.4, 0.5) is 0 Å². The van der Waals surface area contributed by atoms with Gasteiger partial charge in [0.1, 0.15) is 12.4 Å². The molecule has 0 atom stereocenters. The average Bonchev–Trinajstić information content (AvgIpc) is 2.55. The fraction of sp³-hybridized carbons (Fsp3) is 0.375. The summed E-state index contributed by atoms with van der Waals surface area (Å²) in [4.78, 5) is 16.8. The van der Waals surface area contributed by atoms with Crippen molar-refractivity contribution in [2.45, 2.75) is 6.42 Å². The van der Waals surface area contributed by atoms with Crippen LogP contribution in [0.1, 0.15) is 11.1 Å². The number of aromatic hydroxyl groups is 1. The zero-order valence-electron chi connectivity index (χ0n) is 13.3. The van der Waals surface area contributed by atoms with Crippen LogP contribution in [0.2, 0.25) is 0 Å². The Hall–Kier alpha value is -2.16. The fourth-order valence-electron chi connectivity index (χ4n) is 2.03. The van der Waals surface area contributed by atoms with E-state index in [-0.39, 0.29) is 22.6 Å². The highest BCUT2D eigenvalue weighted by atomic mass is 32.1. The van der Waals surface area contributed by atoms with Gasteiger partial charge in [0, 0.05) is 13.5 Å². The van der Waals surface area contributed by atoms with Gasteiger partial charge >= 0.3 is 0 Å². The van der Waals surface area contributed by atoms with Crippen molar-refractivity contribution in [3.05, 3.63) is 50.5 Å². The number of rotatable bonds is 9. The van der Waals surface area contributed by atoms with Crippen molar-refractivity contribution in [1.82, 2.24) is 9.97 Å². The summed E-state index contributed by atoms with van der Waals surface area (Å²) in [6.07, 6.45) is 0.285. The number of methoxy groups -OCH3 is 1. The minimum atomic E-state index is -0.398.